The van der Waals surface area contributed by atoms with Crippen molar-refractivity contribution < 1.29 is 4.42 Å². The van der Waals surface area contributed by atoms with Crippen molar-refractivity contribution in [2.45, 2.75) is 207 Å². The molecule has 4 heteroatoms. The standard InChI is InChI=1S/C68H81BN2O/c1-39(2)41-19-22-59-44(30-41)45-34-52-56(38-60(45)72-59)71(54-36-50-47(29-40(54)3)64(9,10)25-27-67(50,15)16)58-32-42(62(4,5)6)31-57-61(58)69(52)53-35-49-51(68(17,18)28-26-66(49,13)14)37-55(53)70(57)43-20-21-46-48(33-43)65(11,12)24-23-63(46,7)8/h19-22,29-39H,23-28H2,1-18H3. The number of hydrogen-bond donors (Lipinski definition) is 0. The van der Waals surface area contributed by atoms with E-state index in [1.165, 1.54) is 150 Å². The Morgan fingerprint density at radius 3 is 1.50 bits per heavy atom. The van der Waals surface area contributed by atoms with Gasteiger partial charge in [-0.05, 0) is 204 Å². The molecule has 1 aromatic heterocycles. The van der Waals surface area contributed by atoms with Gasteiger partial charge in [0.05, 0.1) is 0 Å². The number of rotatable bonds is 3. The van der Waals surface area contributed by atoms with Crippen LogP contribution in [0.1, 0.15) is 212 Å². The molecule has 0 spiro atoms. The molecule has 0 atom stereocenters. The van der Waals surface area contributed by atoms with E-state index in [0.717, 1.165) is 11.2 Å². The quantitative estimate of drug-likeness (QED) is 0.165. The highest BCUT2D eigenvalue weighted by atomic mass is 16.3. The summed E-state index contributed by atoms with van der Waals surface area (Å²) in [5.41, 5.74) is 27.0. The van der Waals surface area contributed by atoms with Gasteiger partial charge in [0.25, 0.3) is 6.71 Å². The topological polar surface area (TPSA) is 19.6 Å². The van der Waals surface area contributed by atoms with Crippen LogP contribution < -0.4 is 26.2 Å². The molecule has 0 saturated heterocycles. The lowest BCUT2D eigenvalue weighted by Gasteiger charge is -2.48. The first-order chi connectivity index (χ1) is 33.5. The van der Waals surface area contributed by atoms with Gasteiger partial charge in [0.15, 0.2) is 0 Å². The normalized spacial score (nSPS) is 20.5. The van der Waals surface area contributed by atoms with Crippen molar-refractivity contribution in [2.24, 2.45) is 0 Å². The summed E-state index contributed by atoms with van der Waals surface area (Å²) in [5, 5.41) is 2.41. The monoisotopic (exact) mass is 953 g/mol. The summed E-state index contributed by atoms with van der Waals surface area (Å²) < 4.78 is 7.00. The lowest BCUT2D eigenvalue weighted by Crippen LogP contribution is -2.62. The Kier molecular flexibility index (Phi) is 9.94. The summed E-state index contributed by atoms with van der Waals surface area (Å²) in [4.78, 5) is 5.44. The van der Waals surface area contributed by atoms with Crippen molar-refractivity contribution >= 4 is 79.2 Å². The van der Waals surface area contributed by atoms with Gasteiger partial charge in [-0.25, -0.2) is 0 Å². The Bertz CT molecular complexity index is 3470. The zero-order valence-electron chi connectivity index (χ0n) is 47.3. The maximum atomic E-state index is 7.00. The maximum absolute atomic E-state index is 7.00. The molecular formula is C68H81BN2O. The van der Waals surface area contributed by atoms with Gasteiger partial charge in [-0.3, -0.25) is 0 Å². The van der Waals surface area contributed by atoms with E-state index in [0.29, 0.717) is 5.92 Å². The molecule has 0 saturated carbocycles. The molecular weight excluding hydrogens is 872 g/mol. The minimum atomic E-state index is -0.129. The van der Waals surface area contributed by atoms with E-state index in [1.807, 2.05) is 0 Å². The van der Waals surface area contributed by atoms with Crippen LogP contribution in [0.5, 0.6) is 0 Å². The summed E-state index contributed by atoms with van der Waals surface area (Å²) in [5.74, 6) is 0.412. The second kappa shape index (κ2) is 15.0. The average molecular weight is 953 g/mol. The molecule has 3 heterocycles. The van der Waals surface area contributed by atoms with E-state index >= 15 is 0 Å². The van der Waals surface area contributed by atoms with Gasteiger partial charge < -0.3 is 14.2 Å². The summed E-state index contributed by atoms with van der Waals surface area (Å²) in [6.45, 7) is 43.9. The number of anilines is 6. The van der Waals surface area contributed by atoms with Gasteiger partial charge in [-0.2, -0.15) is 0 Å². The molecule has 0 unspecified atom stereocenters. The van der Waals surface area contributed by atoms with Crippen LogP contribution in [0.15, 0.2) is 89.3 Å². The maximum Gasteiger partial charge on any atom is 0.252 e. The Morgan fingerprint density at radius 2 is 0.931 bits per heavy atom. The van der Waals surface area contributed by atoms with Crippen LogP contribution in [0, 0.1) is 6.92 Å². The van der Waals surface area contributed by atoms with Crippen molar-refractivity contribution in [1.82, 2.24) is 0 Å². The van der Waals surface area contributed by atoms with Crippen LogP contribution in [0.3, 0.4) is 0 Å². The molecule has 3 aliphatic carbocycles. The fourth-order valence-electron chi connectivity index (χ4n) is 14.3. The highest BCUT2D eigenvalue weighted by Crippen LogP contribution is 2.55. The lowest BCUT2D eigenvalue weighted by molar-refractivity contribution is 0.332. The number of aryl methyl sites for hydroxylation is 1. The molecule has 0 fully saturated rings. The molecule has 12 rings (SSSR count). The van der Waals surface area contributed by atoms with Gasteiger partial charge in [0.1, 0.15) is 11.2 Å². The fraction of sp³-hybridized carbons (Fsp3) is 0.471. The molecule has 372 valence electrons. The third-order valence-electron chi connectivity index (χ3n) is 19.7. The SMILES string of the molecule is Cc1cc2c(cc1N1c3cc4oc5ccc(C(C)C)cc5c4cc3B3c4cc5c(cc4N(c4ccc6c(c4)C(C)(C)CCC6(C)C)c4cc(C(C)(C)C)cc1c43)C(C)(C)CCC5(C)C)C(C)(C)CCC2(C)C. The second-order valence-corrected chi connectivity index (χ2v) is 28.9. The van der Waals surface area contributed by atoms with Crippen LogP contribution >= 0.6 is 0 Å². The van der Waals surface area contributed by atoms with E-state index in [9.17, 15) is 0 Å². The van der Waals surface area contributed by atoms with Gasteiger partial charge in [-0.1, -0.05) is 148 Å². The average Bonchev–Trinajstić information content (AvgIpc) is 3.66. The second-order valence-electron chi connectivity index (χ2n) is 28.9. The van der Waals surface area contributed by atoms with Crippen LogP contribution in [0.25, 0.3) is 21.9 Å². The lowest BCUT2D eigenvalue weighted by atomic mass is 9.33. The highest BCUT2D eigenvalue weighted by Gasteiger charge is 2.49. The van der Waals surface area contributed by atoms with Crippen LogP contribution in [-0.2, 0) is 37.9 Å². The van der Waals surface area contributed by atoms with Crippen molar-refractivity contribution in [2.75, 3.05) is 9.80 Å². The number of hydrogen-bond acceptors (Lipinski definition) is 3. The van der Waals surface area contributed by atoms with E-state index in [2.05, 4.69) is 219 Å². The number of nitrogens with zero attached hydrogens (tertiary/aromatic N) is 2. The first-order valence-electron chi connectivity index (χ1n) is 27.8. The summed E-state index contributed by atoms with van der Waals surface area (Å²) >= 11 is 0. The highest BCUT2D eigenvalue weighted by molar-refractivity contribution is 7.00. The molecule has 7 aromatic rings. The van der Waals surface area contributed by atoms with E-state index < -0.39 is 0 Å². The molecule has 0 bridgehead atoms. The largest absolute Gasteiger partial charge is 0.456 e. The first kappa shape index (κ1) is 47.8. The third-order valence-corrected chi connectivity index (χ3v) is 19.7. The molecule has 2 aliphatic heterocycles. The summed E-state index contributed by atoms with van der Waals surface area (Å²) in [6.07, 6.45) is 7.07. The van der Waals surface area contributed by atoms with Crippen LogP contribution in [0.4, 0.5) is 34.1 Å². The van der Waals surface area contributed by atoms with Crippen molar-refractivity contribution in [3.05, 3.63) is 135 Å². The number of fused-ring (bicyclic) bond motifs is 10. The molecule has 3 nitrogen and oxygen atoms in total. The Balaban J connectivity index is 1.25. The molecule has 72 heavy (non-hydrogen) atoms. The van der Waals surface area contributed by atoms with E-state index in [4.69, 9.17) is 4.42 Å². The molecule has 0 N–H and O–H groups in total. The van der Waals surface area contributed by atoms with Crippen LogP contribution in [-0.4, -0.2) is 6.71 Å². The zero-order valence-corrected chi connectivity index (χ0v) is 47.3. The fourth-order valence-corrected chi connectivity index (χ4v) is 14.3. The van der Waals surface area contributed by atoms with Crippen molar-refractivity contribution in [1.29, 1.82) is 0 Å². The van der Waals surface area contributed by atoms with Gasteiger partial charge in [-0.15, -0.1) is 0 Å². The predicted octanol–water partition coefficient (Wildman–Crippen LogP) is 17.4. The Morgan fingerprint density at radius 1 is 0.458 bits per heavy atom. The van der Waals surface area contributed by atoms with Gasteiger partial charge in [0, 0.05) is 51.0 Å². The smallest absolute Gasteiger partial charge is 0.252 e. The summed E-state index contributed by atoms with van der Waals surface area (Å²) in [7, 11) is 0. The Hall–Kier alpha value is -5.22. The zero-order chi connectivity index (χ0) is 51.4. The molecule has 5 aliphatic rings. The predicted molar refractivity (Wildman–Crippen MR) is 311 cm³/mol. The van der Waals surface area contributed by atoms with Crippen molar-refractivity contribution in [3.63, 3.8) is 0 Å². The number of benzene rings is 6. The molecule has 6 aromatic carbocycles. The Labute approximate surface area is 433 Å². The van der Waals surface area contributed by atoms with Gasteiger partial charge in [0.2, 0.25) is 0 Å². The molecule has 0 amide bonds. The minimum absolute atomic E-state index is 0.0170. The molecule has 0 radical (unpaired) electrons. The van der Waals surface area contributed by atoms with Crippen LogP contribution in [0.2, 0.25) is 0 Å². The van der Waals surface area contributed by atoms with Crippen molar-refractivity contribution in [3.8, 4) is 0 Å². The minimum Gasteiger partial charge on any atom is -0.456 e. The van der Waals surface area contributed by atoms with Gasteiger partial charge >= 0.3 is 0 Å². The third kappa shape index (κ3) is 6.88. The first-order valence-corrected chi connectivity index (χ1v) is 27.8. The number of furan rings is 1. The van der Waals surface area contributed by atoms with E-state index in [1.54, 1.807) is 0 Å². The van der Waals surface area contributed by atoms with E-state index in [-0.39, 0.29) is 44.6 Å². The summed E-state index contributed by atoms with van der Waals surface area (Å²) in [6, 6.07) is 35.3.